The van der Waals surface area contributed by atoms with Crippen molar-refractivity contribution in [2.75, 3.05) is 11.5 Å². The number of carbonyl (C=O) groups is 1. The molecule has 0 saturated carbocycles. The Morgan fingerprint density at radius 3 is 2.38 bits per heavy atom. The Bertz CT molecular complexity index is 968. The number of carbonyl (C=O) groups excluding carboxylic acids is 1. The Kier molecular flexibility index (Phi) is 6.54. The second kappa shape index (κ2) is 8.76. The maximum atomic E-state index is 13.3. The molecule has 0 aliphatic carbocycles. The van der Waals surface area contributed by atoms with Crippen molar-refractivity contribution in [1.82, 2.24) is 4.90 Å². The van der Waals surface area contributed by atoms with Gasteiger partial charge in [-0.25, -0.2) is 8.42 Å². The van der Waals surface area contributed by atoms with E-state index in [0.29, 0.717) is 23.7 Å². The van der Waals surface area contributed by atoms with Crippen molar-refractivity contribution in [1.29, 1.82) is 0 Å². The molecule has 2 atom stereocenters. The zero-order chi connectivity index (χ0) is 21.2. The number of hydrogen-bond acceptors (Lipinski definition) is 4. The number of amides is 1. The van der Waals surface area contributed by atoms with Gasteiger partial charge in [-0.3, -0.25) is 4.79 Å². The summed E-state index contributed by atoms with van der Waals surface area (Å²) in [5.41, 5.74) is 2.71. The molecule has 1 heterocycles. The summed E-state index contributed by atoms with van der Waals surface area (Å²) in [6.45, 7) is 5.83. The van der Waals surface area contributed by atoms with Crippen LogP contribution in [0.5, 0.6) is 5.75 Å². The lowest BCUT2D eigenvalue weighted by Gasteiger charge is -2.31. The summed E-state index contributed by atoms with van der Waals surface area (Å²) < 4.78 is 29.9. The summed E-state index contributed by atoms with van der Waals surface area (Å²) in [6, 6.07) is 12.9. The number of nitrogens with zero attached hydrogens (tertiary/aromatic N) is 1. The van der Waals surface area contributed by atoms with Crippen molar-refractivity contribution in [2.45, 2.75) is 45.9 Å². The van der Waals surface area contributed by atoms with Crippen LogP contribution in [0.1, 0.15) is 30.0 Å². The molecular weight excluding hydrogens is 410 g/mol. The fourth-order valence-corrected chi connectivity index (χ4v) is 5.49. The number of sulfone groups is 1. The summed E-state index contributed by atoms with van der Waals surface area (Å²) in [6.07, 6.45) is -0.297. The minimum absolute atomic E-state index is 0.00253. The molecular formula is C22H26ClNO4S. The lowest BCUT2D eigenvalue weighted by Crippen LogP contribution is -2.46. The van der Waals surface area contributed by atoms with Gasteiger partial charge in [-0.2, -0.15) is 0 Å². The van der Waals surface area contributed by atoms with Gasteiger partial charge in [-0.15, -0.1) is 0 Å². The third-order valence-corrected chi connectivity index (χ3v) is 7.55. The standard InChI is InChI=1S/C22H26ClNO4S/c1-15-11-20(12-16(2)21(15)23)28-17(3)22(25)24(13-18-7-5-4-6-8-18)19-9-10-29(26,27)14-19/h4-8,11-12,17,19H,9-10,13-14H2,1-3H3/t17-,19+/m1/s1. The molecule has 7 heteroatoms. The number of hydrogen-bond donors (Lipinski definition) is 0. The van der Waals surface area contributed by atoms with Crippen LogP contribution in [0, 0.1) is 13.8 Å². The predicted octanol–water partition coefficient (Wildman–Crippen LogP) is 3.94. The summed E-state index contributed by atoms with van der Waals surface area (Å²) >= 11 is 6.21. The van der Waals surface area contributed by atoms with E-state index in [2.05, 4.69) is 0 Å². The topological polar surface area (TPSA) is 63.7 Å². The minimum atomic E-state index is -3.12. The highest BCUT2D eigenvalue weighted by molar-refractivity contribution is 7.91. The zero-order valence-electron chi connectivity index (χ0n) is 16.9. The maximum absolute atomic E-state index is 13.3. The summed E-state index contributed by atoms with van der Waals surface area (Å²) in [7, 11) is -3.12. The highest BCUT2D eigenvalue weighted by Gasteiger charge is 2.36. The zero-order valence-corrected chi connectivity index (χ0v) is 18.5. The Labute approximate surface area is 177 Å². The second-order valence-corrected chi connectivity index (χ2v) is 10.2. The Hall–Kier alpha value is -2.05. The van der Waals surface area contributed by atoms with Gasteiger partial charge in [-0.1, -0.05) is 41.9 Å². The number of ether oxygens (including phenoxy) is 1. The van der Waals surface area contributed by atoms with Gasteiger partial charge in [0.1, 0.15) is 5.75 Å². The monoisotopic (exact) mass is 435 g/mol. The van der Waals surface area contributed by atoms with E-state index in [9.17, 15) is 13.2 Å². The van der Waals surface area contributed by atoms with Gasteiger partial charge in [0, 0.05) is 17.6 Å². The van der Waals surface area contributed by atoms with Crippen LogP contribution in [0.3, 0.4) is 0 Å². The van der Waals surface area contributed by atoms with Crippen LogP contribution in [0.25, 0.3) is 0 Å². The molecule has 1 fully saturated rings. The third kappa shape index (κ3) is 5.31. The molecule has 1 saturated heterocycles. The van der Waals surface area contributed by atoms with E-state index in [1.165, 1.54) is 0 Å². The summed E-state index contributed by atoms with van der Waals surface area (Å²) in [5, 5.41) is 0.679. The van der Waals surface area contributed by atoms with Gasteiger partial charge in [0.25, 0.3) is 5.91 Å². The maximum Gasteiger partial charge on any atom is 0.263 e. The summed E-state index contributed by atoms with van der Waals surface area (Å²) in [4.78, 5) is 14.9. The smallest absolute Gasteiger partial charge is 0.263 e. The average molecular weight is 436 g/mol. The van der Waals surface area contributed by atoms with Gasteiger partial charge in [0.2, 0.25) is 0 Å². The first kappa shape index (κ1) is 21.7. The number of rotatable bonds is 6. The molecule has 2 aromatic rings. The highest BCUT2D eigenvalue weighted by Crippen LogP contribution is 2.27. The van der Waals surface area contributed by atoms with Crippen molar-refractivity contribution in [3.05, 3.63) is 64.2 Å². The molecule has 1 aliphatic rings. The third-order valence-electron chi connectivity index (χ3n) is 5.20. The molecule has 2 aromatic carbocycles. The van der Waals surface area contributed by atoms with Gasteiger partial charge in [-0.05, 0) is 56.0 Å². The van der Waals surface area contributed by atoms with Gasteiger partial charge in [0.15, 0.2) is 15.9 Å². The van der Waals surface area contributed by atoms with E-state index < -0.39 is 15.9 Å². The van der Waals surface area contributed by atoms with E-state index in [1.54, 1.807) is 24.0 Å². The Morgan fingerprint density at radius 2 is 1.83 bits per heavy atom. The molecule has 1 aliphatic heterocycles. The SMILES string of the molecule is Cc1cc(O[C@H](C)C(=O)N(Cc2ccccc2)[C@H]2CCS(=O)(=O)C2)cc(C)c1Cl. The van der Waals surface area contributed by atoms with Crippen molar-refractivity contribution >= 4 is 27.3 Å². The van der Waals surface area contributed by atoms with Crippen LogP contribution in [-0.2, 0) is 21.2 Å². The largest absolute Gasteiger partial charge is 0.481 e. The van der Waals surface area contributed by atoms with Crippen molar-refractivity contribution in [3.63, 3.8) is 0 Å². The van der Waals surface area contributed by atoms with Crippen LogP contribution < -0.4 is 4.74 Å². The first-order valence-corrected chi connectivity index (χ1v) is 11.8. The van der Waals surface area contributed by atoms with Crippen LogP contribution in [0.4, 0.5) is 0 Å². The van der Waals surface area contributed by atoms with Crippen LogP contribution >= 0.6 is 11.6 Å². The molecule has 1 amide bonds. The quantitative estimate of drug-likeness (QED) is 0.689. The number of aryl methyl sites for hydroxylation is 2. The van der Waals surface area contributed by atoms with Gasteiger partial charge in [0.05, 0.1) is 11.5 Å². The van der Waals surface area contributed by atoms with Crippen LogP contribution in [-0.4, -0.2) is 42.9 Å². The van der Waals surface area contributed by atoms with Crippen molar-refractivity contribution < 1.29 is 17.9 Å². The lowest BCUT2D eigenvalue weighted by atomic mass is 10.1. The van der Waals surface area contributed by atoms with Crippen LogP contribution in [0.2, 0.25) is 5.02 Å². The van der Waals surface area contributed by atoms with E-state index >= 15 is 0 Å². The average Bonchev–Trinajstić information content (AvgIpc) is 3.04. The molecule has 29 heavy (non-hydrogen) atoms. The first-order chi connectivity index (χ1) is 13.7. The van der Waals surface area contributed by atoms with E-state index in [0.717, 1.165) is 16.7 Å². The van der Waals surface area contributed by atoms with Gasteiger partial charge < -0.3 is 9.64 Å². The number of benzene rings is 2. The minimum Gasteiger partial charge on any atom is -0.481 e. The number of halogens is 1. The Morgan fingerprint density at radius 1 is 1.21 bits per heavy atom. The fourth-order valence-electron chi connectivity index (χ4n) is 3.65. The Balaban J connectivity index is 1.81. The van der Waals surface area contributed by atoms with Gasteiger partial charge >= 0.3 is 0 Å². The molecule has 0 spiro atoms. The molecule has 0 unspecified atom stereocenters. The second-order valence-electron chi connectivity index (χ2n) is 7.64. The fraction of sp³-hybridized carbons (Fsp3) is 0.409. The normalized spacial score (nSPS) is 19.0. The molecule has 5 nitrogen and oxygen atoms in total. The van der Waals surface area contributed by atoms with E-state index in [-0.39, 0.29) is 23.5 Å². The molecule has 156 valence electrons. The first-order valence-electron chi connectivity index (χ1n) is 9.64. The summed E-state index contributed by atoms with van der Waals surface area (Å²) in [5.74, 6) is 0.462. The molecule has 0 aromatic heterocycles. The predicted molar refractivity (Wildman–Crippen MR) is 115 cm³/mol. The molecule has 0 radical (unpaired) electrons. The lowest BCUT2D eigenvalue weighted by molar-refractivity contribution is -0.140. The van der Waals surface area contributed by atoms with E-state index in [4.69, 9.17) is 16.3 Å². The van der Waals surface area contributed by atoms with Crippen molar-refractivity contribution in [3.8, 4) is 5.75 Å². The van der Waals surface area contributed by atoms with E-state index in [1.807, 2.05) is 44.2 Å². The molecule has 0 N–H and O–H groups in total. The molecule has 0 bridgehead atoms. The van der Waals surface area contributed by atoms with Crippen LogP contribution in [0.15, 0.2) is 42.5 Å². The molecule has 3 rings (SSSR count). The van der Waals surface area contributed by atoms with Crippen molar-refractivity contribution in [2.24, 2.45) is 0 Å². The highest BCUT2D eigenvalue weighted by atomic mass is 35.5.